The molecule has 6 fully saturated rings. The Kier molecular flexibility index (Phi) is 5.50. The van der Waals surface area contributed by atoms with Crippen molar-refractivity contribution in [3.8, 4) is 0 Å². The van der Waals surface area contributed by atoms with Gasteiger partial charge < -0.3 is 38.7 Å². The molecule has 14 atom stereocenters. The van der Waals surface area contributed by atoms with Gasteiger partial charge in [0.2, 0.25) is 0 Å². The Morgan fingerprint density at radius 3 is 2.32 bits per heavy atom. The van der Waals surface area contributed by atoms with Crippen LogP contribution >= 0.6 is 0 Å². The summed E-state index contributed by atoms with van der Waals surface area (Å²) in [4.78, 5) is 39.7. The molecule has 0 amide bonds. The molecule has 1 spiro atoms. The number of epoxide rings is 1. The van der Waals surface area contributed by atoms with Crippen LogP contribution in [0.25, 0.3) is 0 Å². The van der Waals surface area contributed by atoms with Crippen molar-refractivity contribution in [3.05, 3.63) is 24.2 Å². The normalized spacial score (nSPS) is 54.7. The van der Waals surface area contributed by atoms with E-state index in [2.05, 4.69) is 0 Å². The lowest BCUT2D eigenvalue weighted by atomic mass is 9.33. The molecule has 41 heavy (non-hydrogen) atoms. The maximum atomic E-state index is 15.0. The number of aliphatic hydroxyl groups is 3. The molecule has 1 aromatic heterocycles. The smallest absolute Gasteiger partial charge is 0.303 e. The average molecular weight is 575 g/mol. The first-order valence-electron chi connectivity index (χ1n) is 14.5. The lowest BCUT2D eigenvalue weighted by Crippen LogP contribution is -2.82. The predicted octanol–water partition coefficient (Wildman–Crippen LogP) is 1.47. The molecule has 2 saturated heterocycles. The van der Waals surface area contributed by atoms with Gasteiger partial charge >= 0.3 is 11.9 Å². The van der Waals surface area contributed by atoms with E-state index in [0.29, 0.717) is 6.42 Å². The Hall–Kier alpha value is -2.31. The number of carbonyl (C=O) groups excluding carboxylic acids is 3. The maximum absolute atomic E-state index is 15.0. The number of Topliss-reactive ketones (excluding diaryl/α,β-unsaturated/α-hetero) is 1. The molecule has 0 radical (unpaired) electrons. The number of rotatable bonds is 3. The number of hydrogen-bond donors (Lipinski definition) is 3. The predicted molar refractivity (Wildman–Crippen MR) is 137 cm³/mol. The van der Waals surface area contributed by atoms with E-state index in [1.54, 1.807) is 19.5 Å². The lowest BCUT2D eigenvalue weighted by molar-refractivity contribution is -0.373. The molecule has 11 nitrogen and oxygen atoms in total. The fourth-order valence-electron chi connectivity index (χ4n) is 11.0. The third-order valence-electron chi connectivity index (χ3n) is 12.6. The van der Waals surface area contributed by atoms with Gasteiger partial charge in [0.1, 0.15) is 11.7 Å². The number of aliphatic hydroxyl groups excluding tert-OH is 3. The monoisotopic (exact) mass is 574 g/mol. The fourth-order valence-corrected chi connectivity index (χ4v) is 11.0. The first-order chi connectivity index (χ1) is 19.2. The Morgan fingerprint density at radius 2 is 1.68 bits per heavy atom. The summed E-state index contributed by atoms with van der Waals surface area (Å²) in [6.45, 7) is 7.85. The van der Waals surface area contributed by atoms with Crippen molar-refractivity contribution in [2.75, 3.05) is 6.61 Å². The number of esters is 2. The topological polar surface area (TPSA) is 165 Å². The minimum absolute atomic E-state index is 0.0205. The highest BCUT2D eigenvalue weighted by Gasteiger charge is 2.92. The molecule has 224 valence electrons. The van der Waals surface area contributed by atoms with Crippen LogP contribution < -0.4 is 0 Å². The standard InChI is InChI=1S/C30H38O11/c1-13(31)39-20-10-19(34)29-12-38-25(36)26(20,3)17(29)9-18(33)28(5)23(29)22(35)24(40-14(2)32)27(4)16(15-6-7-37-11-15)8-21-30(27,28)41-21/h6-7,11,16-21,23-25,33-34,36H,8-10,12H2,1-5H3/t16-,17-,18+,19-,20+,21+,23+,24-,25-,26+,27+,28+,29+,30+/m0/s1. The van der Waals surface area contributed by atoms with Gasteiger partial charge in [-0.3, -0.25) is 14.4 Å². The minimum atomic E-state index is -1.36. The highest BCUT2D eigenvalue weighted by atomic mass is 16.6. The molecular weight excluding hydrogens is 536 g/mol. The number of ether oxygens (including phenoxy) is 4. The summed E-state index contributed by atoms with van der Waals surface area (Å²) in [5.41, 5.74) is -4.93. The van der Waals surface area contributed by atoms with E-state index in [1.807, 2.05) is 19.9 Å². The second kappa shape index (κ2) is 8.19. The summed E-state index contributed by atoms with van der Waals surface area (Å²) in [6, 6.07) is 1.84. The number of ketones is 1. The van der Waals surface area contributed by atoms with Crippen LogP contribution in [0.1, 0.15) is 65.4 Å². The quantitative estimate of drug-likeness (QED) is 0.354. The molecule has 11 heteroatoms. The third-order valence-corrected chi connectivity index (χ3v) is 12.6. The van der Waals surface area contributed by atoms with E-state index < -0.39 is 87.5 Å². The van der Waals surface area contributed by atoms with Crippen LogP contribution in [0.5, 0.6) is 0 Å². The zero-order valence-corrected chi connectivity index (χ0v) is 23.9. The van der Waals surface area contributed by atoms with Crippen LogP contribution in [0.3, 0.4) is 0 Å². The van der Waals surface area contributed by atoms with E-state index in [-0.39, 0.29) is 31.5 Å². The molecule has 0 aromatic carbocycles. The molecule has 7 rings (SSSR count). The zero-order valence-electron chi connectivity index (χ0n) is 23.9. The first-order valence-corrected chi connectivity index (χ1v) is 14.5. The van der Waals surface area contributed by atoms with Crippen molar-refractivity contribution >= 4 is 17.7 Å². The van der Waals surface area contributed by atoms with Crippen LogP contribution in [0.2, 0.25) is 0 Å². The van der Waals surface area contributed by atoms with E-state index in [4.69, 9.17) is 23.4 Å². The van der Waals surface area contributed by atoms with Gasteiger partial charge in [-0.2, -0.15) is 0 Å². The van der Waals surface area contributed by atoms with Gasteiger partial charge in [0.15, 0.2) is 18.2 Å². The van der Waals surface area contributed by atoms with Crippen molar-refractivity contribution in [1.82, 2.24) is 0 Å². The van der Waals surface area contributed by atoms with Crippen molar-refractivity contribution in [1.29, 1.82) is 0 Å². The Morgan fingerprint density at radius 1 is 0.976 bits per heavy atom. The van der Waals surface area contributed by atoms with Gasteiger partial charge in [0.05, 0.1) is 48.3 Å². The summed E-state index contributed by atoms with van der Waals surface area (Å²) < 4.78 is 29.5. The molecule has 1 aromatic rings. The van der Waals surface area contributed by atoms with Gasteiger partial charge in [0.25, 0.3) is 0 Å². The molecule has 6 aliphatic rings. The third kappa shape index (κ3) is 2.85. The molecule has 2 bridgehead atoms. The Labute approximate surface area is 237 Å². The maximum Gasteiger partial charge on any atom is 0.303 e. The Bertz CT molecular complexity index is 1310. The highest BCUT2D eigenvalue weighted by molar-refractivity contribution is 5.93. The molecule has 3 heterocycles. The van der Waals surface area contributed by atoms with Crippen molar-refractivity contribution < 1.29 is 53.1 Å². The second-order valence-corrected chi connectivity index (χ2v) is 13.9. The van der Waals surface area contributed by atoms with Crippen molar-refractivity contribution in [2.45, 2.75) is 102 Å². The summed E-state index contributed by atoms with van der Waals surface area (Å²) in [6.07, 6.45) is -2.27. The van der Waals surface area contributed by atoms with E-state index in [1.165, 1.54) is 13.8 Å². The van der Waals surface area contributed by atoms with Gasteiger partial charge in [-0.25, -0.2) is 0 Å². The summed E-state index contributed by atoms with van der Waals surface area (Å²) in [5, 5.41) is 35.4. The van der Waals surface area contributed by atoms with Crippen LogP contribution in [-0.2, 0) is 33.3 Å². The molecule has 4 saturated carbocycles. The highest BCUT2D eigenvalue weighted by Crippen LogP contribution is 2.82. The average Bonchev–Trinajstić information content (AvgIpc) is 3.26. The number of hydrogen-bond acceptors (Lipinski definition) is 11. The van der Waals surface area contributed by atoms with Crippen molar-refractivity contribution in [3.63, 3.8) is 0 Å². The lowest BCUT2D eigenvalue weighted by Gasteiger charge is -2.73. The van der Waals surface area contributed by atoms with Crippen LogP contribution in [0.4, 0.5) is 0 Å². The van der Waals surface area contributed by atoms with Crippen LogP contribution in [0.15, 0.2) is 23.0 Å². The molecule has 4 aliphatic carbocycles. The first kappa shape index (κ1) is 27.5. The largest absolute Gasteiger partial charge is 0.472 e. The van der Waals surface area contributed by atoms with Gasteiger partial charge in [-0.15, -0.1) is 0 Å². The summed E-state index contributed by atoms with van der Waals surface area (Å²) >= 11 is 0. The number of carbonyl (C=O) groups is 3. The van der Waals surface area contributed by atoms with Gasteiger partial charge in [0, 0.05) is 42.9 Å². The van der Waals surface area contributed by atoms with Crippen LogP contribution in [0, 0.1) is 33.5 Å². The summed E-state index contributed by atoms with van der Waals surface area (Å²) in [7, 11) is 0. The fraction of sp³-hybridized carbons (Fsp3) is 0.767. The molecule has 0 unspecified atom stereocenters. The van der Waals surface area contributed by atoms with E-state index >= 15 is 4.79 Å². The van der Waals surface area contributed by atoms with Crippen molar-refractivity contribution in [2.24, 2.45) is 33.5 Å². The molecular formula is C30H38O11. The Balaban J connectivity index is 1.44. The van der Waals surface area contributed by atoms with Gasteiger partial charge in [-0.05, 0) is 30.4 Å². The van der Waals surface area contributed by atoms with E-state index in [9.17, 15) is 24.9 Å². The second-order valence-electron chi connectivity index (χ2n) is 13.9. The SMILES string of the molecule is CC(=O)O[C@@H]1C[C@H](O)[C@@]23CO[C@H](O)[C@]1(C)[C@@H]2C[C@@H](O)[C@]1(C)[C@H]3C(=O)[C@H](OC(C)=O)[C@@]2(C)[C@H](c3ccoc3)C[C@H]3O[C@]321. The van der Waals surface area contributed by atoms with Gasteiger partial charge in [-0.1, -0.05) is 20.8 Å². The van der Waals surface area contributed by atoms with E-state index in [0.717, 1.165) is 5.56 Å². The molecule has 2 aliphatic heterocycles. The minimum Gasteiger partial charge on any atom is -0.472 e. The molecule has 3 N–H and O–H groups in total. The zero-order chi connectivity index (χ0) is 29.5. The number of fused-ring (bicyclic) bond motifs is 1. The van der Waals surface area contributed by atoms with Crippen LogP contribution in [-0.4, -0.2) is 82.1 Å². The summed E-state index contributed by atoms with van der Waals surface area (Å²) in [5.74, 6) is -3.56. The number of furan rings is 1.